The van der Waals surface area contributed by atoms with Crippen molar-refractivity contribution >= 4 is 15.7 Å². The zero-order valence-corrected chi connectivity index (χ0v) is 11.2. The summed E-state index contributed by atoms with van der Waals surface area (Å²) in [7, 11) is -3.24. The molecule has 0 radical (unpaired) electrons. The van der Waals surface area contributed by atoms with E-state index in [-0.39, 0.29) is 5.75 Å². The average Bonchev–Trinajstić information content (AvgIpc) is 2.31. The van der Waals surface area contributed by atoms with Crippen molar-refractivity contribution in [1.29, 1.82) is 0 Å². The Morgan fingerprint density at radius 2 is 1.71 bits per heavy atom. The Labute approximate surface area is 104 Å². The van der Waals surface area contributed by atoms with Gasteiger partial charge >= 0.3 is 0 Å². The van der Waals surface area contributed by atoms with E-state index in [1.54, 1.807) is 12.1 Å². The van der Waals surface area contributed by atoms with Crippen molar-refractivity contribution in [3.8, 4) is 0 Å². The molecule has 0 saturated heterocycles. The zero-order valence-electron chi connectivity index (χ0n) is 10.4. The first-order valence-electron chi connectivity index (χ1n) is 5.85. The van der Waals surface area contributed by atoms with E-state index in [0.29, 0.717) is 12.2 Å². The molecule has 17 heavy (non-hydrogen) atoms. The summed E-state index contributed by atoms with van der Waals surface area (Å²) in [5.41, 5.74) is 0.618. The lowest BCUT2D eigenvalue weighted by Gasteiger charge is -2.18. The highest BCUT2D eigenvalue weighted by atomic mass is 32.2. The van der Waals surface area contributed by atoms with E-state index in [2.05, 4.69) is 9.62 Å². The van der Waals surface area contributed by atoms with Crippen molar-refractivity contribution in [3.05, 3.63) is 30.3 Å². The third-order valence-electron chi connectivity index (χ3n) is 2.62. The Hall–Kier alpha value is -1.07. The van der Waals surface area contributed by atoms with E-state index >= 15 is 0 Å². The fourth-order valence-electron chi connectivity index (χ4n) is 1.53. The summed E-state index contributed by atoms with van der Waals surface area (Å²) in [5.74, 6) is 0.129. The van der Waals surface area contributed by atoms with E-state index < -0.39 is 10.0 Å². The Morgan fingerprint density at radius 3 is 2.24 bits per heavy atom. The molecule has 0 heterocycles. The average molecular weight is 256 g/mol. The molecule has 0 aliphatic rings. The molecular weight excluding hydrogens is 236 g/mol. The van der Waals surface area contributed by atoms with Crippen LogP contribution < -0.4 is 4.72 Å². The lowest BCUT2D eigenvalue weighted by molar-refractivity contribution is 0.322. The van der Waals surface area contributed by atoms with Gasteiger partial charge in [0.05, 0.1) is 5.75 Å². The maximum atomic E-state index is 11.8. The lowest BCUT2D eigenvalue weighted by atomic mass is 10.3. The summed E-state index contributed by atoms with van der Waals surface area (Å²) in [4.78, 5) is 2.09. The second kappa shape index (κ2) is 6.61. The van der Waals surface area contributed by atoms with Crippen LogP contribution in [0.15, 0.2) is 30.3 Å². The monoisotopic (exact) mass is 256 g/mol. The van der Waals surface area contributed by atoms with Crippen LogP contribution in [0.25, 0.3) is 0 Å². The highest BCUT2D eigenvalue weighted by Crippen LogP contribution is 2.08. The number of hydrogen-bond acceptors (Lipinski definition) is 3. The molecule has 4 nitrogen and oxygen atoms in total. The minimum atomic E-state index is -3.24. The quantitative estimate of drug-likeness (QED) is 0.809. The van der Waals surface area contributed by atoms with Crippen LogP contribution in [-0.2, 0) is 10.0 Å². The number of hydrogen-bond donors (Lipinski definition) is 1. The van der Waals surface area contributed by atoms with Gasteiger partial charge in [-0.25, -0.2) is 8.42 Å². The number of anilines is 1. The van der Waals surface area contributed by atoms with Gasteiger partial charge in [-0.05, 0) is 25.2 Å². The molecule has 0 saturated carbocycles. The molecule has 1 aromatic carbocycles. The first-order valence-corrected chi connectivity index (χ1v) is 7.50. The molecule has 5 heteroatoms. The van der Waals surface area contributed by atoms with Crippen molar-refractivity contribution in [3.63, 3.8) is 0 Å². The van der Waals surface area contributed by atoms with E-state index in [4.69, 9.17) is 0 Å². The van der Waals surface area contributed by atoms with Crippen LogP contribution in [0.2, 0.25) is 0 Å². The highest BCUT2D eigenvalue weighted by molar-refractivity contribution is 7.92. The third-order valence-corrected chi connectivity index (χ3v) is 3.88. The molecule has 96 valence electrons. The molecule has 0 fully saturated rings. The number of rotatable bonds is 7. The molecule has 1 rings (SSSR count). The molecule has 1 N–H and O–H groups in total. The molecule has 1 aromatic rings. The molecule has 0 aromatic heterocycles. The van der Waals surface area contributed by atoms with Gasteiger partial charge in [0.1, 0.15) is 0 Å². The second-order valence-corrected chi connectivity index (χ2v) is 5.66. The van der Waals surface area contributed by atoms with Crippen molar-refractivity contribution in [2.75, 3.05) is 30.1 Å². The summed E-state index contributed by atoms with van der Waals surface area (Å²) in [5, 5.41) is 0. The predicted molar refractivity (Wildman–Crippen MR) is 71.6 cm³/mol. The van der Waals surface area contributed by atoms with E-state index in [0.717, 1.165) is 13.1 Å². The van der Waals surface area contributed by atoms with E-state index in [1.807, 2.05) is 32.0 Å². The zero-order chi connectivity index (χ0) is 12.7. The Bertz CT molecular complexity index is 413. The predicted octanol–water partition coefficient (Wildman–Crippen LogP) is 1.77. The number of nitrogens with one attached hydrogen (secondary N) is 1. The summed E-state index contributed by atoms with van der Waals surface area (Å²) in [6.45, 7) is 6.37. The van der Waals surface area contributed by atoms with Gasteiger partial charge in [0, 0.05) is 12.2 Å². The summed E-state index contributed by atoms with van der Waals surface area (Å²) in [6.07, 6.45) is 0. The number of benzene rings is 1. The van der Waals surface area contributed by atoms with Crippen molar-refractivity contribution in [2.45, 2.75) is 13.8 Å². The summed E-state index contributed by atoms with van der Waals surface area (Å²) < 4.78 is 26.2. The fourth-order valence-corrected chi connectivity index (χ4v) is 2.62. The number of sulfonamides is 1. The lowest BCUT2D eigenvalue weighted by Crippen LogP contribution is -2.31. The highest BCUT2D eigenvalue weighted by Gasteiger charge is 2.11. The molecule has 0 spiro atoms. The fraction of sp³-hybridized carbons (Fsp3) is 0.500. The molecule has 0 unspecified atom stereocenters. The second-order valence-electron chi connectivity index (χ2n) is 3.81. The topological polar surface area (TPSA) is 49.4 Å². The number of para-hydroxylation sites is 1. The maximum Gasteiger partial charge on any atom is 0.233 e. The molecular formula is C12H20N2O2S. The first-order chi connectivity index (χ1) is 8.07. The van der Waals surface area contributed by atoms with Crippen molar-refractivity contribution in [1.82, 2.24) is 4.90 Å². The van der Waals surface area contributed by atoms with Crippen LogP contribution in [0.5, 0.6) is 0 Å². The molecule has 0 amide bonds. The van der Waals surface area contributed by atoms with Gasteiger partial charge in [0.2, 0.25) is 10.0 Å². The van der Waals surface area contributed by atoms with Gasteiger partial charge in [-0.15, -0.1) is 0 Å². The van der Waals surface area contributed by atoms with Gasteiger partial charge < -0.3 is 4.90 Å². The van der Waals surface area contributed by atoms with Crippen molar-refractivity contribution < 1.29 is 8.42 Å². The van der Waals surface area contributed by atoms with Crippen molar-refractivity contribution in [2.24, 2.45) is 0 Å². The molecule has 0 atom stereocenters. The molecule has 0 aliphatic carbocycles. The van der Waals surface area contributed by atoms with E-state index in [1.165, 1.54) is 0 Å². The minimum Gasteiger partial charge on any atom is -0.303 e. The van der Waals surface area contributed by atoms with E-state index in [9.17, 15) is 8.42 Å². The van der Waals surface area contributed by atoms with Gasteiger partial charge in [0.25, 0.3) is 0 Å². The number of nitrogens with zero attached hydrogens (tertiary/aromatic N) is 1. The largest absolute Gasteiger partial charge is 0.303 e. The van der Waals surface area contributed by atoms with Crippen LogP contribution in [-0.4, -0.2) is 38.7 Å². The van der Waals surface area contributed by atoms with Gasteiger partial charge in [-0.1, -0.05) is 32.0 Å². The van der Waals surface area contributed by atoms with Gasteiger partial charge in [-0.2, -0.15) is 0 Å². The van der Waals surface area contributed by atoms with Crippen LogP contribution in [0.1, 0.15) is 13.8 Å². The molecule has 0 bridgehead atoms. The summed E-state index contributed by atoms with van der Waals surface area (Å²) in [6, 6.07) is 8.96. The smallest absolute Gasteiger partial charge is 0.233 e. The van der Waals surface area contributed by atoms with Gasteiger partial charge in [0.15, 0.2) is 0 Å². The normalized spacial score (nSPS) is 11.7. The first kappa shape index (κ1) is 14.0. The minimum absolute atomic E-state index is 0.129. The van der Waals surface area contributed by atoms with Gasteiger partial charge in [-0.3, -0.25) is 4.72 Å². The van der Waals surface area contributed by atoms with Crippen LogP contribution in [0.3, 0.4) is 0 Å². The van der Waals surface area contributed by atoms with Crippen LogP contribution in [0.4, 0.5) is 5.69 Å². The SMILES string of the molecule is CCN(CC)CCS(=O)(=O)Nc1ccccc1. The Balaban J connectivity index is 2.52. The van der Waals surface area contributed by atoms with Crippen LogP contribution >= 0.6 is 0 Å². The van der Waals surface area contributed by atoms with Crippen LogP contribution in [0, 0.1) is 0 Å². The maximum absolute atomic E-state index is 11.8. The Kier molecular flexibility index (Phi) is 5.44. The third kappa shape index (κ3) is 5.19. The Morgan fingerprint density at radius 1 is 1.12 bits per heavy atom. The molecule has 0 aliphatic heterocycles. The standard InChI is InChI=1S/C12H20N2O2S/c1-3-14(4-2)10-11-17(15,16)13-12-8-6-5-7-9-12/h5-9,13H,3-4,10-11H2,1-2H3. The summed E-state index contributed by atoms with van der Waals surface area (Å²) >= 11 is 0.